The molecule has 1 N–H and O–H groups in total. The van der Waals surface area contributed by atoms with E-state index in [9.17, 15) is 22.7 Å². The van der Waals surface area contributed by atoms with Gasteiger partial charge >= 0.3 is 6.09 Å². The first-order chi connectivity index (χ1) is 14.9. The molecule has 1 amide bonds. The highest BCUT2D eigenvalue weighted by molar-refractivity contribution is 9.10. The second-order valence-electron chi connectivity index (χ2n) is 8.36. The third-order valence-electron chi connectivity index (χ3n) is 4.37. The van der Waals surface area contributed by atoms with Gasteiger partial charge in [0, 0.05) is 23.3 Å². The Morgan fingerprint density at radius 2 is 1.94 bits per heavy atom. The number of aromatic nitrogens is 3. The zero-order chi connectivity index (χ0) is 23.7. The molecular formula is C21H22BrFN4O4S. The SMILES string of the molecule is CC(C)(C)CN(Cc1cc(S(=O)(=O)c2cccc(Br)c2)n(-c2cccnc2F)n1)C(=O)O. The van der Waals surface area contributed by atoms with Crippen LogP contribution in [0.25, 0.3) is 5.69 Å². The average Bonchev–Trinajstić information content (AvgIpc) is 3.11. The summed E-state index contributed by atoms with van der Waals surface area (Å²) >= 11 is 3.26. The van der Waals surface area contributed by atoms with Crippen LogP contribution in [0, 0.1) is 11.4 Å². The smallest absolute Gasteiger partial charge is 0.407 e. The summed E-state index contributed by atoms with van der Waals surface area (Å²) in [5, 5.41) is 13.6. The number of halogens is 2. The third-order valence-corrected chi connectivity index (χ3v) is 6.57. The van der Waals surface area contributed by atoms with E-state index in [1.54, 1.807) is 12.1 Å². The highest BCUT2D eigenvalue weighted by Crippen LogP contribution is 2.28. The number of amides is 1. The Balaban J connectivity index is 2.15. The van der Waals surface area contributed by atoms with Gasteiger partial charge in [-0.3, -0.25) is 0 Å². The van der Waals surface area contributed by atoms with Gasteiger partial charge in [-0.05, 0) is 35.7 Å². The Kier molecular flexibility index (Phi) is 6.70. The van der Waals surface area contributed by atoms with Gasteiger partial charge in [-0.15, -0.1) is 0 Å². The fourth-order valence-electron chi connectivity index (χ4n) is 3.10. The van der Waals surface area contributed by atoms with Crippen LogP contribution < -0.4 is 0 Å². The molecule has 0 aliphatic rings. The van der Waals surface area contributed by atoms with E-state index in [4.69, 9.17) is 0 Å². The van der Waals surface area contributed by atoms with Crippen LogP contribution in [0.3, 0.4) is 0 Å². The minimum Gasteiger partial charge on any atom is -0.465 e. The lowest BCUT2D eigenvalue weighted by Gasteiger charge is -2.27. The van der Waals surface area contributed by atoms with Crippen molar-refractivity contribution in [2.75, 3.05) is 6.54 Å². The van der Waals surface area contributed by atoms with E-state index in [2.05, 4.69) is 26.0 Å². The molecule has 0 fully saturated rings. The van der Waals surface area contributed by atoms with Gasteiger partial charge in [-0.25, -0.2) is 22.9 Å². The van der Waals surface area contributed by atoms with E-state index in [-0.39, 0.29) is 39.8 Å². The number of hydrogen-bond donors (Lipinski definition) is 1. The Bertz CT molecular complexity index is 1250. The second-order valence-corrected chi connectivity index (χ2v) is 11.2. The van der Waals surface area contributed by atoms with Crippen LogP contribution in [0.15, 0.2) is 63.1 Å². The van der Waals surface area contributed by atoms with Crippen molar-refractivity contribution in [1.29, 1.82) is 0 Å². The normalized spacial score (nSPS) is 12.0. The molecule has 170 valence electrons. The Labute approximate surface area is 193 Å². The Morgan fingerprint density at radius 3 is 2.53 bits per heavy atom. The van der Waals surface area contributed by atoms with Crippen molar-refractivity contribution in [3.05, 3.63) is 64.8 Å². The quantitative estimate of drug-likeness (QED) is 0.475. The van der Waals surface area contributed by atoms with Crippen molar-refractivity contribution in [1.82, 2.24) is 19.7 Å². The van der Waals surface area contributed by atoms with E-state index in [1.165, 1.54) is 36.5 Å². The molecule has 0 saturated heterocycles. The van der Waals surface area contributed by atoms with E-state index in [0.717, 1.165) is 9.58 Å². The summed E-state index contributed by atoms with van der Waals surface area (Å²) in [6.07, 6.45) is 0.0692. The molecule has 0 radical (unpaired) electrons. The molecule has 2 heterocycles. The number of rotatable bonds is 6. The van der Waals surface area contributed by atoms with Crippen LogP contribution in [0.4, 0.5) is 9.18 Å². The van der Waals surface area contributed by atoms with Gasteiger partial charge in [-0.1, -0.05) is 42.8 Å². The maximum absolute atomic E-state index is 14.5. The van der Waals surface area contributed by atoms with Crippen molar-refractivity contribution in [3.8, 4) is 5.69 Å². The van der Waals surface area contributed by atoms with Gasteiger partial charge in [0.05, 0.1) is 17.1 Å². The zero-order valence-corrected chi connectivity index (χ0v) is 20.1. The molecule has 0 unspecified atom stereocenters. The van der Waals surface area contributed by atoms with Gasteiger partial charge in [0.2, 0.25) is 15.8 Å². The van der Waals surface area contributed by atoms with Crippen LogP contribution in [0.2, 0.25) is 0 Å². The summed E-state index contributed by atoms with van der Waals surface area (Å²) in [5.74, 6) is -0.905. The van der Waals surface area contributed by atoms with Gasteiger partial charge in [0.1, 0.15) is 5.69 Å². The molecule has 2 aromatic heterocycles. The molecule has 0 bridgehead atoms. The standard InChI is InChI=1S/C21H22BrFN4O4S/c1-21(2,3)13-26(20(28)29)12-15-11-18(27(25-15)17-8-5-9-24-19(17)23)32(30,31)16-7-4-6-14(22)10-16/h4-11H,12-13H2,1-3H3,(H,28,29). The first kappa shape index (κ1) is 23.9. The third kappa shape index (κ3) is 5.33. The zero-order valence-electron chi connectivity index (χ0n) is 17.7. The van der Waals surface area contributed by atoms with Crippen molar-refractivity contribution >= 4 is 31.9 Å². The predicted octanol–water partition coefficient (Wildman–Crippen LogP) is 4.53. The van der Waals surface area contributed by atoms with Crippen LogP contribution >= 0.6 is 15.9 Å². The van der Waals surface area contributed by atoms with Crippen molar-refractivity contribution in [2.45, 2.75) is 37.2 Å². The minimum atomic E-state index is -4.12. The lowest BCUT2D eigenvalue weighted by molar-refractivity contribution is 0.122. The topological polar surface area (TPSA) is 105 Å². The molecule has 8 nitrogen and oxygen atoms in total. The van der Waals surface area contributed by atoms with Crippen LogP contribution in [-0.4, -0.2) is 45.8 Å². The lowest BCUT2D eigenvalue weighted by atomic mass is 9.96. The number of carboxylic acid groups (broad SMARTS) is 1. The van der Waals surface area contributed by atoms with Crippen LogP contribution in [-0.2, 0) is 16.4 Å². The molecule has 0 aliphatic heterocycles. The van der Waals surface area contributed by atoms with E-state index < -0.39 is 21.9 Å². The first-order valence-electron chi connectivity index (χ1n) is 9.57. The fourth-order valence-corrected chi connectivity index (χ4v) is 5.09. The molecule has 0 aliphatic carbocycles. The highest BCUT2D eigenvalue weighted by Gasteiger charge is 2.28. The minimum absolute atomic E-state index is 0.0198. The first-order valence-corrected chi connectivity index (χ1v) is 11.8. The summed E-state index contributed by atoms with van der Waals surface area (Å²) in [5.41, 5.74) is -0.333. The van der Waals surface area contributed by atoms with E-state index in [1.807, 2.05) is 20.8 Å². The lowest BCUT2D eigenvalue weighted by Crippen LogP contribution is -2.36. The summed E-state index contributed by atoms with van der Waals surface area (Å²) in [7, 11) is -4.12. The number of carbonyl (C=O) groups is 1. The number of benzene rings is 1. The van der Waals surface area contributed by atoms with Gasteiger partial charge in [0.15, 0.2) is 5.03 Å². The summed E-state index contributed by atoms with van der Waals surface area (Å²) in [4.78, 5) is 16.5. The van der Waals surface area contributed by atoms with Crippen molar-refractivity contribution < 1.29 is 22.7 Å². The molecule has 0 saturated carbocycles. The summed E-state index contributed by atoms with van der Waals surface area (Å²) in [6, 6.07) is 10.2. The van der Waals surface area contributed by atoms with E-state index in [0.29, 0.717) is 4.47 Å². The number of sulfone groups is 1. The van der Waals surface area contributed by atoms with Crippen LogP contribution in [0.1, 0.15) is 26.5 Å². The molecule has 0 atom stereocenters. The molecule has 3 aromatic rings. The largest absolute Gasteiger partial charge is 0.465 e. The summed E-state index contributed by atoms with van der Waals surface area (Å²) in [6.45, 7) is 5.69. The monoisotopic (exact) mass is 524 g/mol. The van der Waals surface area contributed by atoms with Gasteiger partial charge in [-0.2, -0.15) is 9.49 Å². The fraction of sp³-hybridized carbons (Fsp3) is 0.286. The molecular weight excluding hydrogens is 503 g/mol. The maximum Gasteiger partial charge on any atom is 0.407 e. The van der Waals surface area contributed by atoms with Crippen LogP contribution in [0.5, 0.6) is 0 Å². The molecule has 11 heteroatoms. The van der Waals surface area contributed by atoms with Crippen molar-refractivity contribution in [2.24, 2.45) is 5.41 Å². The van der Waals surface area contributed by atoms with Gasteiger partial charge < -0.3 is 10.0 Å². The molecule has 3 rings (SSSR count). The average molecular weight is 525 g/mol. The maximum atomic E-state index is 14.5. The van der Waals surface area contributed by atoms with Gasteiger partial charge in [0.25, 0.3) is 0 Å². The number of nitrogens with zero attached hydrogens (tertiary/aromatic N) is 4. The predicted molar refractivity (Wildman–Crippen MR) is 119 cm³/mol. The number of hydrogen-bond acceptors (Lipinski definition) is 5. The van der Waals surface area contributed by atoms with Crippen molar-refractivity contribution in [3.63, 3.8) is 0 Å². The molecule has 0 spiro atoms. The van der Waals surface area contributed by atoms with E-state index >= 15 is 0 Å². The summed E-state index contributed by atoms with van der Waals surface area (Å²) < 4.78 is 42.8. The number of pyridine rings is 1. The molecule has 1 aromatic carbocycles. The highest BCUT2D eigenvalue weighted by atomic mass is 79.9. The Morgan fingerprint density at radius 1 is 1.22 bits per heavy atom. The molecule has 32 heavy (non-hydrogen) atoms. The Hall–Kier alpha value is -2.79. The second kappa shape index (κ2) is 8.99.